The van der Waals surface area contributed by atoms with Crippen molar-refractivity contribution in [2.75, 3.05) is 12.3 Å². The van der Waals surface area contributed by atoms with Crippen molar-refractivity contribution in [1.29, 1.82) is 0 Å². The van der Waals surface area contributed by atoms with Gasteiger partial charge in [-0.15, -0.1) is 11.8 Å². The lowest BCUT2D eigenvalue weighted by Gasteiger charge is -2.12. The molecule has 1 heterocycles. The van der Waals surface area contributed by atoms with E-state index in [1.54, 1.807) is 11.8 Å². The number of carbonyl (C=O) groups excluding carboxylic acids is 1. The Balaban J connectivity index is 1.72. The summed E-state index contributed by atoms with van der Waals surface area (Å²) in [6, 6.07) is 8.04. The van der Waals surface area contributed by atoms with Crippen LogP contribution in [0.1, 0.15) is 19.4 Å². The summed E-state index contributed by atoms with van der Waals surface area (Å²) in [6.45, 7) is 4.77. The van der Waals surface area contributed by atoms with E-state index >= 15 is 0 Å². The molecule has 0 fully saturated rings. The van der Waals surface area contributed by atoms with Crippen LogP contribution in [0.5, 0.6) is 5.75 Å². The summed E-state index contributed by atoms with van der Waals surface area (Å²) in [5.74, 6) is 1.57. The Hall–Kier alpha value is -1.16. The van der Waals surface area contributed by atoms with Crippen LogP contribution in [0, 0.1) is 0 Å². The van der Waals surface area contributed by atoms with Gasteiger partial charge in [0.25, 0.3) is 0 Å². The number of thioether (sulfide) groups is 1. The molecule has 0 bridgehead atoms. The molecule has 0 aromatic heterocycles. The predicted octanol–water partition coefficient (Wildman–Crippen LogP) is 2.25. The van der Waals surface area contributed by atoms with Crippen molar-refractivity contribution in [3.8, 4) is 5.75 Å². The lowest BCUT2D eigenvalue weighted by Crippen LogP contribution is -2.35. The van der Waals surface area contributed by atoms with E-state index in [-0.39, 0.29) is 12.0 Å². The quantitative estimate of drug-likeness (QED) is 0.887. The Morgan fingerprint density at radius 3 is 3.00 bits per heavy atom. The standard InChI is InChI=1S/C14H19NO2S/c1-10(2)18-9-14(16)15-8-12-7-11-5-3-4-6-13(11)17-12/h3-6,10,12H,7-9H2,1-2H3,(H,15,16)/t12-/m1/s1. The highest BCUT2D eigenvalue weighted by atomic mass is 32.2. The first-order valence-electron chi connectivity index (χ1n) is 6.28. The van der Waals surface area contributed by atoms with Gasteiger partial charge in [-0.25, -0.2) is 0 Å². The highest BCUT2D eigenvalue weighted by Gasteiger charge is 2.22. The van der Waals surface area contributed by atoms with Crippen LogP contribution in [0.2, 0.25) is 0 Å². The fourth-order valence-corrected chi connectivity index (χ4v) is 2.48. The zero-order chi connectivity index (χ0) is 13.0. The first kappa shape index (κ1) is 13.3. The third-order valence-corrected chi connectivity index (χ3v) is 3.88. The molecule has 0 aliphatic carbocycles. The SMILES string of the molecule is CC(C)SCC(=O)NC[C@H]1Cc2ccccc2O1. The topological polar surface area (TPSA) is 38.3 Å². The molecular weight excluding hydrogens is 246 g/mol. The maximum Gasteiger partial charge on any atom is 0.230 e. The molecule has 0 saturated heterocycles. The minimum absolute atomic E-state index is 0.0791. The molecule has 4 heteroatoms. The number of para-hydroxylation sites is 1. The largest absolute Gasteiger partial charge is 0.488 e. The van der Waals surface area contributed by atoms with E-state index in [4.69, 9.17) is 4.74 Å². The van der Waals surface area contributed by atoms with Crippen LogP contribution < -0.4 is 10.1 Å². The molecule has 0 spiro atoms. The number of nitrogens with one attached hydrogen (secondary N) is 1. The van der Waals surface area contributed by atoms with Crippen LogP contribution in [0.25, 0.3) is 0 Å². The molecule has 0 saturated carbocycles. The molecule has 1 aromatic rings. The van der Waals surface area contributed by atoms with E-state index in [0.29, 0.717) is 17.5 Å². The van der Waals surface area contributed by atoms with Gasteiger partial charge in [0.05, 0.1) is 12.3 Å². The minimum Gasteiger partial charge on any atom is -0.488 e. The average molecular weight is 265 g/mol. The van der Waals surface area contributed by atoms with Crippen LogP contribution in [-0.4, -0.2) is 29.6 Å². The molecule has 18 heavy (non-hydrogen) atoms. The van der Waals surface area contributed by atoms with Gasteiger partial charge in [0, 0.05) is 6.42 Å². The second-order valence-corrected chi connectivity index (χ2v) is 6.28. The third kappa shape index (κ3) is 3.67. The summed E-state index contributed by atoms with van der Waals surface area (Å²) in [5, 5.41) is 3.42. The van der Waals surface area contributed by atoms with Gasteiger partial charge >= 0.3 is 0 Å². The van der Waals surface area contributed by atoms with Crippen LogP contribution in [0.4, 0.5) is 0 Å². The summed E-state index contributed by atoms with van der Waals surface area (Å²) >= 11 is 1.66. The van der Waals surface area contributed by atoms with Gasteiger partial charge < -0.3 is 10.1 Å². The molecular formula is C14H19NO2S. The Kier molecular flexibility index (Phi) is 4.53. The number of ether oxygens (including phenoxy) is 1. The summed E-state index contributed by atoms with van der Waals surface area (Å²) in [7, 11) is 0. The average Bonchev–Trinajstić information content (AvgIpc) is 2.76. The van der Waals surface area contributed by atoms with Crippen molar-refractivity contribution in [2.24, 2.45) is 0 Å². The van der Waals surface area contributed by atoms with Crippen molar-refractivity contribution < 1.29 is 9.53 Å². The Morgan fingerprint density at radius 1 is 1.50 bits per heavy atom. The second kappa shape index (κ2) is 6.14. The Morgan fingerprint density at radius 2 is 2.28 bits per heavy atom. The molecule has 1 N–H and O–H groups in total. The van der Waals surface area contributed by atoms with E-state index in [9.17, 15) is 4.79 Å². The monoisotopic (exact) mass is 265 g/mol. The van der Waals surface area contributed by atoms with E-state index < -0.39 is 0 Å². The summed E-state index contributed by atoms with van der Waals surface area (Å²) in [6.07, 6.45) is 0.962. The van der Waals surface area contributed by atoms with E-state index in [0.717, 1.165) is 12.2 Å². The van der Waals surface area contributed by atoms with Crippen molar-refractivity contribution in [2.45, 2.75) is 31.6 Å². The Bertz CT molecular complexity index is 395. The minimum atomic E-state index is 0.0791. The van der Waals surface area contributed by atoms with Crippen LogP contribution in [0.3, 0.4) is 0 Å². The number of carbonyl (C=O) groups is 1. The molecule has 0 radical (unpaired) electrons. The molecule has 3 nitrogen and oxygen atoms in total. The van der Waals surface area contributed by atoms with Crippen LogP contribution in [-0.2, 0) is 11.2 Å². The number of fused-ring (bicyclic) bond motifs is 1. The molecule has 2 rings (SSSR count). The highest BCUT2D eigenvalue weighted by molar-refractivity contribution is 8.00. The number of rotatable bonds is 5. The molecule has 0 unspecified atom stereocenters. The van der Waals surface area contributed by atoms with Crippen LogP contribution in [0.15, 0.2) is 24.3 Å². The van der Waals surface area contributed by atoms with Gasteiger partial charge in [-0.1, -0.05) is 32.0 Å². The third-order valence-electron chi connectivity index (χ3n) is 2.79. The lowest BCUT2D eigenvalue weighted by molar-refractivity contribution is -0.118. The number of hydrogen-bond donors (Lipinski definition) is 1. The lowest BCUT2D eigenvalue weighted by atomic mass is 10.1. The van der Waals surface area contributed by atoms with Gasteiger partial charge in [0.2, 0.25) is 5.91 Å². The summed E-state index contributed by atoms with van der Waals surface area (Å²) in [5.41, 5.74) is 1.23. The van der Waals surface area contributed by atoms with Crippen molar-refractivity contribution >= 4 is 17.7 Å². The van der Waals surface area contributed by atoms with Gasteiger partial charge in [0.1, 0.15) is 11.9 Å². The van der Waals surface area contributed by atoms with Gasteiger partial charge in [-0.05, 0) is 16.9 Å². The Labute approximate surface area is 112 Å². The van der Waals surface area contributed by atoms with Gasteiger partial charge in [-0.3, -0.25) is 4.79 Å². The van der Waals surface area contributed by atoms with Gasteiger partial charge in [0.15, 0.2) is 0 Å². The maximum absolute atomic E-state index is 11.6. The second-order valence-electron chi connectivity index (χ2n) is 4.72. The van der Waals surface area contributed by atoms with E-state index in [1.165, 1.54) is 5.56 Å². The number of hydrogen-bond acceptors (Lipinski definition) is 3. The van der Waals surface area contributed by atoms with Crippen LogP contribution >= 0.6 is 11.8 Å². The highest BCUT2D eigenvalue weighted by Crippen LogP contribution is 2.27. The first-order valence-corrected chi connectivity index (χ1v) is 7.33. The predicted molar refractivity (Wildman–Crippen MR) is 75.2 cm³/mol. The van der Waals surface area contributed by atoms with Crippen molar-refractivity contribution in [1.82, 2.24) is 5.32 Å². The summed E-state index contributed by atoms with van der Waals surface area (Å²) < 4.78 is 5.76. The van der Waals surface area contributed by atoms with Gasteiger partial charge in [-0.2, -0.15) is 0 Å². The molecule has 1 aliphatic rings. The normalized spacial score (nSPS) is 17.4. The first-order chi connectivity index (χ1) is 8.65. The smallest absolute Gasteiger partial charge is 0.230 e. The number of benzene rings is 1. The fourth-order valence-electron chi connectivity index (χ4n) is 1.89. The molecule has 1 atom stereocenters. The van der Waals surface area contributed by atoms with E-state index in [1.807, 2.05) is 18.2 Å². The van der Waals surface area contributed by atoms with Crippen molar-refractivity contribution in [3.05, 3.63) is 29.8 Å². The van der Waals surface area contributed by atoms with E-state index in [2.05, 4.69) is 25.2 Å². The summed E-state index contributed by atoms with van der Waals surface area (Å²) in [4.78, 5) is 11.6. The number of amides is 1. The zero-order valence-electron chi connectivity index (χ0n) is 10.8. The molecule has 1 aromatic carbocycles. The molecule has 98 valence electrons. The zero-order valence-corrected chi connectivity index (χ0v) is 11.6. The molecule has 1 amide bonds. The fraction of sp³-hybridized carbons (Fsp3) is 0.500. The molecule has 1 aliphatic heterocycles. The maximum atomic E-state index is 11.6. The van der Waals surface area contributed by atoms with Crippen molar-refractivity contribution in [3.63, 3.8) is 0 Å².